The molecule has 1 rings (SSSR count). The lowest BCUT2D eigenvalue weighted by molar-refractivity contribution is 0.0763. The van der Waals surface area contributed by atoms with Crippen molar-refractivity contribution >= 4 is 37.8 Å². The zero-order chi connectivity index (χ0) is 13.5. The summed E-state index contributed by atoms with van der Waals surface area (Å²) in [5.74, 6) is -0.523. The summed E-state index contributed by atoms with van der Waals surface area (Å²) < 4.78 is 13.9. The van der Waals surface area contributed by atoms with E-state index in [1.54, 1.807) is 11.0 Å². The number of hydrogen-bond donors (Lipinski definition) is 0. The molecule has 0 bridgehead atoms. The first-order valence-electron chi connectivity index (χ1n) is 5.89. The second-order valence-corrected chi connectivity index (χ2v) is 5.70. The molecule has 0 N–H and O–H groups in total. The lowest BCUT2D eigenvalue weighted by atomic mass is 10.2. The second-order valence-electron chi connectivity index (χ2n) is 3.99. The van der Waals surface area contributed by atoms with Gasteiger partial charge in [0.2, 0.25) is 0 Å². The fourth-order valence-electron chi connectivity index (χ4n) is 1.63. The van der Waals surface area contributed by atoms with Crippen LogP contribution in [0.25, 0.3) is 0 Å². The molecule has 1 aromatic carbocycles. The largest absolute Gasteiger partial charge is 0.338 e. The molecule has 100 valence electrons. The van der Waals surface area contributed by atoms with E-state index in [-0.39, 0.29) is 5.91 Å². The summed E-state index contributed by atoms with van der Waals surface area (Å²) in [6, 6.07) is 4.27. The monoisotopic (exact) mass is 379 g/mol. The van der Waals surface area contributed by atoms with Crippen LogP contribution in [0, 0.1) is 5.82 Å². The molecule has 0 saturated heterocycles. The lowest BCUT2D eigenvalue weighted by Crippen LogP contribution is -2.33. The predicted molar refractivity (Wildman–Crippen MR) is 78.7 cm³/mol. The van der Waals surface area contributed by atoms with E-state index in [0.29, 0.717) is 23.1 Å². The summed E-state index contributed by atoms with van der Waals surface area (Å²) >= 11 is 6.54. The van der Waals surface area contributed by atoms with Gasteiger partial charge in [0, 0.05) is 28.5 Å². The number of unbranched alkanes of at least 4 members (excludes halogenated alkanes) is 1. The molecular weight excluding hydrogens is 365 g/mol. The van der Waals surface area contributed by atoms with E-state index >= 15 is 0 Å². The molecule has 0 radical (unpaired) electrons. The van der Waals surface area contributed by atoms with Gasteiger partial charge in [0.05, 0.1) is 0 Å². The fourth-order valence-corrected chi connectivity index (χ4v) is 2.52. The van der Waals surface area contributed by atoms with Crippen LogP contribution in [-0.2, 0) is 0 Å². The first kappa shape index (κ1) is 15.6. The summed E-state index contributed by atoms with van der Waals surface area (Å²) in [5.41, 5.74) is 0.388. The maximum Gasteiger partial charge on any atom is 0.254 e. The van der Waals surface area contributed by atoms with E-state index in [1.165, 1.54) is 12.1 Å². The first-order valence-corrected chi connectivity index (χ1v) is 7.81. The average Bonchev–Trinajstić information content (AvgIpc) is 2.32. The maximum absolute atomic E-state index is 13.3. The highest BCUT2D eigenvalue weighted by atomic mass is 79.9. The summed E-state index contributed by atoms with van der Waals surface area (Å²) in [5, 5.41) is 0.721. The van der Waals surface area contributed by atoms with Gasteiger partial charge in [-0.1, -0.05) is 45.2 Å². The molecule has 18 heavy (non-hydrogen) atoms. The lowest BCUT2D eigenvalue weighted by Gasteiger charge is -2.21. The Kier molecular flexibility index (Phi) is 6.86. The third-order valence-corrected chi connectivity index (χ3v) is 3.35. The Morgan fingerprint density at radius 3 is 2.61 bits per heavy atom. The van der Waals surface area contributed by atoms with Crippen molar-refractivity contribution in [2.75, 3.05) is 18.4 Å². The third-order valence-electron chi connectivity index (χ3n) is 2.53. The Hall–Kier alpha value is -0.420. The van der Waals surface area contributed by atoms with Gasteiger partial charge in [-0.05, 0) is 24.6 Å². The molecule has 5 heteroatoms. The number of rotatable bonds is 6. The highest BCUT2D eigenvalue weighted by Crippen LogP contribution is 2.17. The van der Waals surface area contributed by atoms with Crippen molar-refractivity contribution in [1.29, 1.82) is 0 Å². The van der Waals surface area contributed by atoms with Crippen LogP contribution in [-0.4, -0.2) is 29.2 Å². The molecule has 0 aliphatic heterocycles. The third kappa shape index (κ3) is 4.69. The molecule has 0 aliphatic rings. The molecule has 1 amide bonds. The van der Waals surface area contributed by atoms with E-state index in [1.807, 2.05) is 0 Å². The van der Waals surface area contributed by atoms with Crippen molar-refractivity contribution in [3.8, 4) is 0 Å². The van der Waals surface area contributed by atoms with Gasteiger partial charge >= 0.3 is 0 Å². The van der Waals surface area contributed by atoms with Crippen molar-refractivity contribution in [3.63, 3.8) is 0 Å². The van der Waals surface area contributed by atoms with Gasteiger partial charge in [-0.15, -0.1) is 0 Å². The smallest absolute Gasteiger partial charge is 0.254 e. The Bertz CT molecular complexity index is 392. The molecule has 0 aliphatic carbocycles. The number of carbonyl (C=O) groups excluding carboxylic acids is 1. The van der Waals surface area contributed by atoms with Crippen molar-refractivity contribution in [2.24, 2.45) is 0 Å². The van der Waals surface area contributed by atoms with Crippen LogP contribution in [0.4, 0.5) is 4.39 Å². The minimum absolute atomic E-state index is 0.122. The SMILES string of the molecule is CCCCN(CCBr)C(=O)c1cc(F)cc(Br)c1. The molecule has 1 aromatic rings. The molecule has 2 nitrogen and oxygen atoms in total. The molecule has 0 saturated carbocycles. The summed E-state index contributed by atoms with van der Waals surface area (Å²) in [6.07, 6.45) is 1.98. The number of benzene rings is 1. The van der Waals surface area contributed by atoms with Crippen LogP contribution in [0.1, 0.15) is 30.1 Å². The van der Waals surface area contributed by atoms with E-state index < -0.39 is 5.82 Å². The van der Waals surface area contributed by atoms with Crippen molar-refractivity contribution in [3.05, 3.63) is 34.1 Å². The topological polar surface area (TPSA) is 20.3 Å². The molecule has 0 atom stereocenters. The first-order chi connectivity index (χ1) is 8.58. The van der Waals surface area contributed by atoms with Crippen molar-refractivity contribution < 1.29 is 9.18 Å². The minimum Gasteiger partial charge on any atom is -0.338 e. The van der Waals surface area contributed by atoms with Gasteiger partial charge in [0.25, 0.3) is 5.91 Å². The highest BCUT2D eigenvalue weighted by Gasteiger charge is 2.15. The normalized spacial score (nSPS) is 10.4. The van der Waals surface area contributed by atoms with E-state index in [2.05, 4.69) is 38.8 Å². The summed E-state index contributed by atoms with van der Waals surface area (Å²) in [6.45, 7) is 3.41. The van der Waals surface area contributed by atoms with Gasteiger partial charge in [0.1, 0.15) is 5.82 Å². The van der Waals surface area contributed by atoms with Gasteiger partial charge in [0.15, 0.2) is 0 Å². The number of alkyl halides is 1. The molecular formula is C13H16Br2FNO. The van der Waals surface area contributed by atoms with Crippen molar-refractivity contribution in [1.82, 2.24) is 4.90 Å². The van der Waals surface area contributed by atoms with E-state index in [9.17, 15) is 9.18 Å². The van der Waals surface area contributed by atoms with Gasteiger partial charge in [-0.2, -0.15) is 0 Å². The summed E-state index contributed by atoms with van der Waals surface area (Å²) in [4.78, 5) is 14.0. The molecule has 0 fully saturated rings. The fraction of sp³-hybridized carbons (Fsp3) is 0.462. The molecule has 0 aromatic heterocycles. The van der Waals surface area contributed by atoms with Crippen LogP contribution in [0.15, 0.2) is 22.7 Å². The zero-order valence-corrected chi connectivity index (χ0v) is 13.4. The standard InChI is InChI=1S/C13H16Br2FNO/c1-2-3-5-17(6-4-14)13(18)10-7-11(15)9-12(16)8-10/h7-9H,2-6H2,1H3. The number of amides is 1. The highest BCUT2D eigenvalue weighted by molar-refractivity contribution is 9.10. The van der Waals surface area contributed by atoms with Crippen LogP contribution in [0.2, 0.25) is 0 Å². The quantitative estimate of drug-likeness (QED) is 0.676. The Labute approximate surface area is 124 Å². The summed E-state index contributed by atoms with van der Waals surface area (Å²) in [7, 11) is 0. The molecule has 0 spiro atoms. The average molecular weight is 381 g/mol. The minimum atomic E-state index is -0.401. The van der Waals surface area contributed by atoms with Crippen molar-refractivity contribution in [2.45, 2.75) is 19.8 Å². The van der Waals surface area contributed by atoms with Crippen LogP contribution in [0.3, 0.4) is 0 Å². The van der Waals surface area contributed by atoms with Gasteiger partial charge < -0.3 is 4.90 Å². The Balaban J connectivity index is 2.86. The Morgan fingerprint density at radius 1 is 1.33 bits per heavy atom. The maximum atomic E-state index is 13.3. The Morgan fingerprint density at radius 2 is 2.06 bits per heavy atom. The van der Waals surface area contributed by atoms with Crippen LogP contribution >= 0.6 is 31.9 Å². The number of carbonyl (C=O) groups is 1. The van der Waals surface area contributed by atoms with E-state index in [0.717, 1.165) is 18.2 Å². The van der Waals surface area contributed by atoms with Crippen LogP contribution in [0.5, 0.6) is 0 Å². The molecule has 0 heterocycles. The second kappa shape index (κ2) is 7.89. The van der Waals surface area contributed by atoms with Gasteiger partial charge in [-0.25, -0.2) is 4.39 Å². The van der Waals surface area contributed by atoms with Crippen LogP contribution < -0.4 is 0 Å². The number of hydrogen-bond acceptors (Lipinski definition) is 1. The number of halogens is 3. The molecule has 0 unspecified atom stereocenters. The zero-order valence-electron chi connectivity index (χ0n) is 10.3. The van der Waals surface area contributed by atoms with Gasteiger partial charge in [-0.3, -0.25) is 4.79 Å². The van der Waals surface area contributed by atoms with E-state index in [4.69, 9.17) is 0 Å². The number of nitrogens with zero attached hydrogens (tertiary/aromatic N) is 1. The predicted octanol–water partition coefficient (Wildman–Crippen LogP) is 4.23.